The second-order valence-electron chi connectivity index (χ2n) is 4.17. The first-order chi connectivity index (χ1) is 8.08. The van der Waals surface area contributed by atoms with Crippen molar-refractivity contribution in [3.05, 3.63) is 34.1 Å². The average Bonchev–Trinajstić information content (AvgIpc) is 2.31. The summed E-state index contributed by atoms with van der Waals surface area (Å²) in [4.78, 5) is 0. The summed E-state index contributed by atoms with van der Waals surface area (Å²) in [5.74, 6) is -0.202. The maximum absolute atomic E-state index is 13.7. The monoisotopic (exact) mass is 303 g/mol. The minimum absolute atomic E-state index is 0.0657. The Kier molecular flexibility index (Phi) is 6.09. The molecule has 0 fully saturated rings. The highest BCUT2D eigenvalue weighted by atomic mass is 79.9. The first kappa shape index (κ1) is 14.6. The molecule has 0 aliphatic rings. The Balaban J connectivity index is 2.74. The standard InChI is InChI=1S/C13H19BrFNO/c1-3-11(6-7-17)16-9(2)12-8-10(14)4-5-13(12)15/h4-5,8-9,11,16-17H,3,6-7H2,1-2H3. The van der Waals surface area contributed by atoms with Gasteiger partial charge in [-0.25, -0.2) is 4.39 Å². The van der Waals surface area contributed by atoms with E-state index in [-0.39, 0.29) is 24.5 Å². The molecule has 4 heteroatoms. The molecule has 0 spiro atoms. The van der Waals surface area contributed by atoms with E-state index in [1.165, 1.54) is 6.07 Å². The largest absolute Gasteiger partial charge is 0.396 e. The number of aliphatic hydroxyl groups is 1. The highest BCUT2D eigenvalue weighted by molar-refractivity contribution is 9.10. The van der Waals surface area contributed by atoms with Crippen LogP contribution in [-0.2, 0) is 0 Å². The Hall–Kier alpha value is -0.450. The van der Waals surface area contributed by atoms with Gasteiger partial charge in [0.15, 0.2) is 0 Å². The normalized spacial score (nSPS) is 14.6. The fourth-order valence-corrected chi connectivity index (χ4v) is 2.23. The predicted molar refractivity (Wildman–Crippen MR) is 71.4 cm³/mol. The molecule has 0 bridgehead atoms. The van der Waals surface area contributed by atoms with Gasteiger partial charge in [0.2, 0.25) is 0 Å². The van der Waals surface area contributed by atoms with Crippen LogP contribution in [0.25, 0.3) is 0 Å². The number of rotatable bonds is 6. The maximum Gasteiger partial charge on any atom is 0.128 e. The van der Waals surface area contributed by atoms with Gasteiger partial charge in [-0.1, -0.05) is 22.9 Å². The van der Waals surface area contributed by atoms with Gasteiger partial charge in [0, 0.05) is 28.7 Å². The summed E-state index contributed by atoms with van der Waals surface area (Å²) < 4.78 is 14.5. The van der Waals surface area contributed by atoms with Gasteiger partial charge in [0.1, 0.15) is 5.82 Å². The predicted octanol–water partition coefficient (Wildman–Crippen LogP) is 3.40. The summed E-state index contributed by atoms with van der Waals surface area (Å²) in [6.07, 6.45) is 1.61. The van der Waals surface area contributed by atoms with Gasteiger partial charge in [-0.15, -0.1) is 0 Å². The molecule has 0 amide bonds. The summed E-state index contributed by atoms with van der Waals surface area (Å²) >= 11 is 3.34. The number of aliphatic hydroxyl groups excluding tert-OH is 1. The second kappa shape index (κ2) is 7.09. The van der Waals surface area contributed by atoms with E-state index in [1.54, 1.807) is 12.1 Å². The minimum atomic E-state index is -0.202. The lowest BCUT2D eigenvalue weighted by atomic mass is 10.0. The molecule has 0 saturated carbocycles. The van der Waals surface area contributed by atoms with E-state index in [2.05, 4.69) is 28.2 Å². The van der Waals surface area contributed by atoms with Crippen LogP contribution in [-0.4, -0.2) is 17.8 Å². The van der Waals surface area contributed by atoms with Crippen molar-refractivity contribution >= 4 is 15.9 Å². The SMILES string of the molecule is CCC(CCO)NC(C)c1cc(Br)ccc1F. The topological polar surface area (TPSA) is 32.3 Å². The van der Waals surface area contributed by atoms with Gasteiger partial charge in [-0.2, -0.15) is 0 Å². The fourth-order valence-electron chi connectivity index (χ4n) is 1.85. The molecule has 0 saturated heterocycles. The number of hydrogen-bond acceptors (Lipinski definition) is 2. The Bertz CT molecular complexity index is 359. The smallest absolute Gasteiger partial charge is 0.128 e. The van der Waals surface area contributed by atoms with Gasteiger partial charge < -0.3 is 10.4 Å². The molecule has 0 heterocycles. The summed E-state index contributed by atoms with van der Waals surface area (Å²) in [6.45, 7) is 4.14. The number of benzene rings is 1. The molecule has 2 nitrogen and oxygen atoms in total. The Labute approximate surface area is 110 Å². The lowest BCUT2D eigenvalue weighted by Gasteiger charge is -2.22. The Morgan fingerprint density at radius 3 is 2.76 bits per heavy atom. The lowest BCUT2D eigenvalue weighted by molar-refractivity contribution is 0.256. The van der Waals surface area contributed by atoms with Crippen LogP contribution in [0.4, 0.5) is 4.39 Å². The van der Waals surface area contributed by atoms with Crippen molar-refractivity contribution in [2.75, 3.05) is 6.61 Å². The molecule has 17 heavy (non-hydrogen) atoms. The summed E-state index contributed by atoms with van der Waals surface area (Å²) in [5.41, 5.74) is 0.649. The molecule has 0 aliphatic heterocycles. The zero-order valence-electron chi connectivity index (χ0n) is 10.2. The molecular weight excluding hydrogens is 285 g/mol. The van der Waals surface area contributed by atoms with Crippen molar-refractivity contribution < 1.29 is 9.50 Å². The van der Waals surface area contributed by atoms with Crippen LogP contribution in [0.3, 0.4) is 0 Å². The van der Waals surface area contributed by atoms with Crippen molar-refractivity contribution in [2.45, 2.75) is 38.8 Å². The summed E-state index contributed by atoms with van der Waals surface area (Å²) in [5, 5.41) is 12.3. The third-order valence-electron chi connectivity index (χ3n) is 2.88. The van der Waals surface area contributed by atoms with Crippen molar-refractivity contribution in [1.82, 2.24) is 5.32 Å². The molecule has 0 aromatic heterocycles. The molecule has 1 aromatic carbocycles. The molecule has 1 rings (SSSR count). The summed E-state index contributed by atoms with van der Waals surface area (Å²) in [7, 11) is 0. The first-order valence-electron chi connectivity index (χ1n) is 5.90. The Morgan fingerprint density at radius 1 is 1.47 bits per heavy atom. The molecule has 96 valence electrons. The van der Waals surface area contributed by atoms with E-state index in [9.17, 15) is 4.39 Å². The molecule has 2 unspecified atom stereocenters. The van der Waals surface area contributed by atoms with Crippen LogP contribution in [0.2, 0.25) is 0 Å². The van der Waals surface area contributed by atoms with Crippen LogP contribution < -0.4 is 5.32 Å². The van der Waals surface area contributed by atoms with E-state index in [0.717, 1.165) is 10.9 Å². The lowest BCUT2D eigenvalue weighted by Crippen LogP contribution is -2.32. The van der Waals surface area contributed by atoms with Gasteiger partial charge in [-0.05, 0) is 38.0 Å². The fraction of sp³-hybridized carbons (Fsp3) is 0.538. The quantitative estimate of drug-likeness (QED) is 0.844. The summed E-state index contributed by atoms with van der Waals surface area (Å²) in [6, 6.07) is 5.09. The van der Waals surface area contributed by atoms with Crippen LogP contribution in [0, 0.1) is 5.82 Å². The van der Waals surface area contributed by atoms with Crippen LogP contribution >= 0.6 is 15.9 Å². The van der Waals surface area contributed by atoms with Gasteiger partial charge >= 0.3 is 0 Å². The van der Waals surface area contributed by atoms with Crippen molar-refractivity contribution in [3.8, 4) is 0 Å². The molecule has 2 N–H and O–H groups in total. The third-order valence-corrected chi connectivity index (χ3v) is 3.37. The number of halogens is 2. The van der Waals surface area contributed by atoms with E-state index in [4.69, 9.17) is 5.11 Å². The highest BCUT2D eigenvalue weighted by Gasteiger charge is 2.15. The average molecular weight is 304 g/mol. The van der Waals surface area contributed by atoms with Gasteiger partial charge in [0.05, 0.1) is 0 Å². The van der Waals surface area contributed by atoms with Crippen LogP contribution in [0.15, 0.2) is 22.7 Å². The maximum atomic E-state index is 13.7. The molecule has 0 radical (unpaired) electrons. The first-order valence-corrected chi connectivity index (χ1v) is 6.69. The van der Waals surface area contributed by atoms with Gasteiger partial charge in [-0.3, -0.25) is 0 Å². The van der Waals surface area contributed by atoms with Crippen LogP contribution in [0.1, 0.15) is 38.3 Å². The van der Waals surface area contributed by atoms with E-state index in [0.29, 0.717) is 12.0 Å². The third kappa shape index (κ3) is 4.37. The number of hydrogen-bond donors (Lipinski definition) is 2. The van der Waals surface area contributed by atoms with Crippen LogP contribution in [0.5, 0.6) is 0 Å². The van der Waals surface area contributed by atoms with Crippen molar-refractivity contribution in [1.29, 1.82) is 0 Å². The molecule has 1 aromatic rings. The van der Waals surface area contributed by atoms with Gasteiger partial charge in [0.25, 0.3) is 0 Å². The minimum Gasteiger partial charge on any atom is -0.396 e. The molecule has 0 aliphatic carbocycles. The van der Waals surface area contributed by atoms with E-state index >= 15 is 0 Å². The number of nitrogens with one attached hydrogen (secondary N) is 1. The van der Waals surface area contributed by atoms with Crippen molar-refractivity contribution in [3.63, 3.8) is 0 Å². The van der Waals surface area contributed by atoms with E-state index in [1.807, 2.05) is 6.92 Å². The zero-order valence-corrected chi connectivity index (χ0v) is 11.8. The molecular formula is C13H19BrFNO. The highest BCUT2D eigenvalue weighted by Crippen LogP contribution is 2.22. The van der Waals surface area contributed by atoms with E-state index < -0.39 is 0 Å². The zero-order chi connectivity index (χ0) is 12.8. The Morgan fingerprint density at radius 2 is 2.18 bits per heavy atom. The van der Waals surface area contributed by atoms with Crippen molar-refractivity contribution in [2.24, 2.45) is 0 Å². The molecule has 2 atom stereocenters. The second-order valence-corrected chi connectivity index (χ2v) is 5.09.